The normalized spacial score (nSPS) is 14.5. The summed E-state index contributed by atoms with van der Waals surface area (Å²) in [4.78, 5) is 22.2. The van der Waals surface area contributed by atoms with Crippen LogP contribution in [-0.4, -0.2) is 44.8 Å². The van der Waals surface area contributed by atoms with E-state index >= 15 is 0 Å². The number of ether oxygens (including phenoxy) is 1. The summed E-state index contributed by atoms with van der Waals surface area (Å²) in [5.74, 6) is -0.210. The Morgan fingerprint density at radius 3 is 2.67 bits per heavy atom. The van der Waals surface area contributed by atoms with Gasteiger partial charge in [-0.3, -0.25) is 4.79 Å². The third-order valence-corrected chi connectivity index (χ3v) is 1.95. The van der Waals surface area contributed by atoms with Crippen molar-refractivity contribution in [2.24, 2.45) is 0 Å². The molecule has 0 atom stereocenters. The Morgan fingerprint density at radius 2 is 2.07 bits per heavy atom. The van der Waals surface area contributed by atoms with E-state index in [4.69, 9.17) is 4.74 Å². The van der Waals surface area contributed by atoms with Crippen LogP contribution in [0.1, 0.15) is 12.8 Å². The lowest BCUT2D eigenvalue weighted by Gasteiger charge is -2.07. The summed E-state index contributed by atoms with van der Waals surface area (Å²) < 4.78 is 4.76. The monoisotopic (exact) mass is 215 g/mol. The van der Waals surface area contributed by atoms with Crippen molar-refractivity contribution in [1.82, 2.24) is 16.0 Å². The molecule has 1 aliphatic carbocycles. The Hall–Kier alpha value is -1.30. The van der Waals surface area contributed by atoms with Crippen LogP contribution in [0.3, 0.4) is 0 Å². The number of methoxy groups -OCH3 is 1. The number of urea groups is 1. The molecule has 0 radical (unpaired) electrons. The highest BCUT2D eigenvalue weighted by molar-refractivity contribution is 5.84. The van der Waals surface area contributed by atoms with Crippen LogP contribution in [0.2, 0.25) is 0 Å². The van der Waals surface area contributed by atoms with E-state index in [1.807, 2.05) is 0 Å². The molecule has 0 bridgehead atoms. The Bertz CT molecular complexity index is 229. The van der Waals surface area contributed by atoms with Gasteiger partial charge in [0.2, 0.25) is 5.91 Å². The summed E-state index contributed by atoms with van der Waals surface area (Å²) in [6.45, 7) is 0.934. The van der Waals surface area contributed by atoms with Gasteiger partial charge in [0.1, 0.15) is 0 Å². The van der Waals surface area contributed by atoms with E-state index in [0.29, 0.717) is 19.2 Å². The first-order chi connectivity index (χ1) is 7.22. The molecule has 0 aliphatic heterocycles. The second kappa shape index (κ2) is 6.23. The first kappa shape index (κ1) is 11.8. The fourth-order valence-corrected chi connectivity index (χ4v) is 0.980. The Balaban J connectivity index is 1.97. The van der Waals surface area contributed by atoms with E-state index in [1.165, 1.54) is 0 Å². The predicted molar refractivity (Wildman–Crippen MR) is 54.4 cm³/mol. The zero-order valence-corrected chi connectivity index (χ0v) is 8.84. The molecule has 0 aromatic heterocycles. The maximum atomic E-state index is 11.1. The van der Waals surface area contributed by atoms with E-state index in [-0.39, 0.29) is 18.5 Å². The maximum Gasteiger partial charge on any atom is 0.315 e. The van der Waals surface area contributed by atoms with Crippen molar-refractivity contribution in [3.8, 4) is 0 Å². The molecule has 6 heteroatoms. The molecule has 1 rings (SSSR count). The second-order valence-corrected chi connectivity index (χ2v) is 3.44. The number of carbonyl (C=O) groups excluding carboxylic acids is 2. The highest BCUT2D eigenvalue weighted by atomic mass is 16.5. The molecule has 86 valence electrons. The van der Waals surface area contributed by atoms with Crippen molar-refractivity contribution in [2.45, 2.75) is 18.9 Å². The van der Waals surface area contributed by atoms with Crippen LogP contribution in [0.25, 0.3) is 0 Å². The topological polar surface area (TPSA) is 79.5 Å². The van der Waals surface area contributed by atoms with Crippen LogP contribution in [0.15, 0.2) is 0 Å². The quantitative estimate of drug-likeness (QED) is 0.508. The van der Waals surface area contributed by atoms with E-state index in [9.17, 15) is 9.59 Å². The Morgan fingerprint density at radius 1 is 1.33 bits per heavy atom. The molecule has 6 nitrogen and oxygen atoms in total. The van der Waals surface area contributed by atoms with Gasteiger partial charge >= 0.3 is 6.03 Å². The van der Waals surface area contributed by atoms with Crippen molar-refractivity contribution < 1.29 is 14.3 Å². The first-order valence-corrected chi connectivity index (χ1v) is 5.02. The molecule has 0 spiro atoms. The molecule has 0 aromatic carbocycles. The summed E-state index contributed by atoms with van der Waals surface area (Å²) in [7, 11) is 1.56. The fourth-order valence-electron chi connectivity index (χ4n) is 0.980. The third-order valence-electron chi connectivity index (χ3n) is 1.95. The van der Waals surface area contributed by atoms with Crippen molar-refractivity contribution in [3.05, 3.63) is 0 Å². The molecule has 0 unspecified atom stereocenters. The van der Waals surface area contributed by atoms with Gasteiger partial charge in [-0.15, -0.1) is 0 Å². The maximum absolute atomic E-state index is 11.1. The van der Waals surface area contributed by atoms with Crippen LogP contribution < -0.4 is 16.0 Å². The van der Waals surface area contributed by atoms with Gasteiger partial charge in [0, 0.05) is 19.7 Å². The number of hydrogen-bond donors (Lipinski definition) is 3. The minimum Gasteiger partial charge on any atom is -0.383 e. The molecule has 0 aromatic rings. The fraction of sp³-hybridized carbons (Fsp3) is 0.778. The summed E-state index contributed by atoms with van der Waals surface area (Å²) in [5, 5.41) is 7.80. The van der Waals surface area contributed by atoms with E-state index in [1.54, 1.807) is 7.11 Å². The lowest BCUT2D eigenvalue weighted by molar-refractivity contribution is -0.120. The van der Waals surface area contributed by atoms with E-state index < -0.39 is 0 Å². The number of hydrogen-bond acceptors (Lipinski definition) is 3. The number of nitrogens with one attached hydrogen (secondary N) is 3. The number of rotatable bonds is 6. The molecular weight excluding hydrogens is 198 g/mol. The standard InChI is InChI=1S/C9H17N3O3/c1-15-5-4-10-8(13)6-11-9(14)12-7-2-3-7/h7H,2-6H2,1H3,(H,10,13)(H2,11,12,14). The van der Waals surface area contributed by atoms with Gasteiger partial charge in [0.15, 0.2) is 0 Å². The summed E-state index contributed by atoms with van der Waals surface area (Å²) in [6.07, 6.45) is 2.07. The summed E-state index contributed by atoms with van der Waals surface area (Å²) in [6, 6.07) is 0.0287. The molecular formula is C9H17N3O3. The molecule has 0 heterocycles. The van der Waals surface area contributed by atoms with Gasteiger partial charge in [-0.05, 0) is 12.8 Å². The molecule has 1 saturated carbocycles. The van der Waals surface area contributed by atoms with Crippen LogP contribution >= 0.6 is 0 Å². The highest BCUT2D eigenvalue weighted by Crippen LogP contribution is 2.17. The van der Waals surface area contributed by atoms with Crippen molar-refractivity contribution >= 4 is 11.9 Å². The van der Waals surface area contributed by atoms with Crippen molar-refractivity contribution in [2.75, 3.05) is 26.8 Å². The van der Waals surface area contributed by atoms with Gasteiger partial charge in [0.25, 0.3) is 0 Å². The first-order valence-electron chi connectivity index (χ1n) is 5.02. The molecule has 3 N–H and O–H groups in total. The summed E-state index contributed by atoms with van der Waals surface area (Å²) in [5.41, 5.74) is 0. The van der Waals surface area contributed by atoms with Crippen LogP contribution in [-0.2, 0) is 9.53 Å². The third kappa shape index (κ3) is 5.90. The van der Waals surface area contributed by atoms with E-state index in [0.717, 1.165) is 12.8 Å². The van der Waals surface area contributed by atoms with Gasteiger partial charge in [-0.1, -0.05) is 0 Å². The zero-order chi connectivity index (χ0) is 11.1. The minimum absolute atomic E-state index is 0.00225. The molecule has 1 aliphatic rings. The second-order valence-electron chi connectivity index (χ2n) is 3.44. The van der Waals surface area contributed by atoms with Gasteiger partial charge in [0.05, 0.1) is 13.2 Å². The van der Waals surface area contributed by atoms with Gasteiger partial charge < -0.3 is 20.7 Å². The van der Waals surface area contributed by atoms with Gasteiger partial charge in [-0.25, -0.2) is 4.79 Å². The average molecular weight is 215 g/mol. The lowest BCUT2D eigenvalue weighted by Crippen LogP contribution is -2.43. The van der Waals surface area contributed by atoms with Crippen LogP contribution in [0, 0.1) is 0 Å². The molecule has 0 saturated heterocycles. The predicted octanol–water partition coefficient (Wildman–Crippen LogP) is -0.789. The largest absolute Gasteiger partial charge is 0.383 e. The molecule has 3 amide bonds. The Labute approximate surface area is 88.7 Å². The number of amides is 3. The smallest absolute Gasteiger partial charge is 0.315 e. The highest BCUT2D eigenvalue weighted by Gasteiger charge is 2.23. The average Bonchev–Trinajstić information content (AvgIpc) is 2.99. The van der Waals surface area contributed by atoms with E-state index in [2.05, 4.69) is 16.0 Å². The van der Waals surface area contributed by atoms with Gasteiger partial charge in [-0.2, -0.15) is 0 Å². The van der Waals surface area contributed by atoms with Crippen molar-refractivity contribution in [1.29, 1.82) is 0 Å². The minimum atomic E-state index is -0.278. The SMILES string of the molecule is COCCNC(=O)CNC(=O)NC1CC1. The zero-order valence-electron chi connectivity index (χ0n) is 8.84. The van der Waals surface area contributed by atoms with Crippen molar-refractivity contribution in [3.63, 3.8) is 0 Å². The number of carbonyl (C=O) groups is 2. The van der Waals surface area contributed by atoms with Crippen LogP contribution in [0.4, 0.5) is 4.79 Å². The molecule has 15 heavy (non-hydrogen) atoms. The summed E-state index contributed by atoms with van der Waals surface area (Å²) >= 11 is 0. The lowest BCUT2D eigenvalue weighted by atomic mass is 10.5. The Kier molecular flexibility index (Phi) is 4.89. The molecule has 1 fully saturated rings. The van der Waals surface area contributed by atoms with Crippen LogP contribution in [0.5, 0.6) is 0 Å².